The quantitative estimate of drug-likeness (QED) is 0.792. The van der Waals surface area contributed by atoms with Crippen LogP contribution < -0.4 is 0 Å². The summed E-state index contributed by atoms with van der Waals surface area (Å²) < 4.78 is 2.71. The van der Waals surface area contributed by atoms with Gasteiger partial charge in [0.25, 0.3) is 0 Å². The van der Waals surface area contributed by atoms with Gasteiger partial charge in [0.1, 0.15) is 0 Å². The van der Waals surface area contributed by atoms with Gasteiger partial charge in [0, 0.05) is 17.1 Å². The summed E-state index contributed by atoms with van der Waals surface area (Å²) in [7, 11) is 1.84. The molecule has 0 radical (unpaired) electrons. The number of halogens is 1. The lowest BCUT2D eigenvalue weighted by molar-refractivity contribution is 0.112. The Morgan fingerprint density at radius 3 is 2.88 bits per heavy atom. The summed E-state index contributed by atoms with van der Waals surface area (Å²) in [5, 5.41) is 4.10. The Hall–Kier alpha value is -1.42. The molecule has 0 atom stereocenters. The third-order valence-electron chi connectivity index (χ3n) is 2.55. The fourth-order valence-corrected chi connectivity index (χ4v) is 2.08. The fourth-order valence-electron chi connectivity index (χ4n) is 1.72. The Bertz CT molecular complexity index is 546. The Kier molecular flexibility index (Phi) is 2.92. The summed E-state index contributed by atoms with van der Waals surface area (Å²) in [4.78, 5) is 10.9. The van der Waals surface area contributed by atoms with Gasteiger partial charge in [0.15, 0.2) is 6.29 Å². The van der Waals surface area contributed by atoms with E-state index in [-0.39, 0.29) is 0 Å². The molecule has 0 unspecified atom stereocenters. The molecule has 0 N–H and O–H groups in total. The molecule has 1 aromatic heterocycles. The highest BCUT2D eigenvalue weighted by Gasteiger charge is 2.12. The second-order valence-electron chi connectivity index (χ2n) is 3.65. The van der Waals surface area contributed by atoms with E-state index in [1.165, 1.54) is 0 Å². The van der Waals surface area contributed by atoms with E-state index >= 15 is 0 Å². The molecule has 0 aliphatic rings. The zero-order chi connectivity index (χ0) is 11.7. The lowest BCUT2D eigenvalue weighted by Gasteiger charge is -2.07. The first kappa shape index (κ1) is 11.1. The zero-order valence-electron chi connectivity index (χ0n) is 9.07. The molecule has 16 heavy (non-hydrogen) atoms. The van der Waals surface area contributed by atoms with E-state index in [1.807, 2.05) is 32.2 Å². The molecule has 0 saturated heterocycles. The second-order valence-corrected chi connectivity index (χ2v) is 4.56. The lowest BCUT2D eigenvalue weighted by Crippen LogP contribution is -1.97. The standard InChI is InChI=1S/C12H11BrN2O/c1-8-3-4-10(13)5-11(8)12-9(7-16)6-14-15(12)2/h3-7H,1-2H3. The predicted molar refractivity (Wildman–Crippen MR) is 66.5 cm³/mol. The summed E-state index contributed by atoms with van der Waals surface area (Å²) in [5.41, 5.74) is 3.61. The molecule has 0 spiro atoms. The highest BCUT2D eigenvalue weighted by atomic mass is 79.9. The summed E-state index contributed by atoms with van der Waals surface area (Å²) >= 11 is 3.43. The molecule has 0 aliphatic carbocycles. The van der Waals surface area contributed by atoms with Gasteiger partial charge in [0.05, 0.1) is 17.5 Å². The van der Waals surface area contributed by atoms with Crippen molar-refractivity contribution < 1.29 is 4.79 Å². The van der Waals surface area contributed by atoms with Crippen LogP contribution >= 0.6 is 15.9 Å². The Morgan fingerprint density at radius 2 is 2.19 bits per heavy atom. The average Bonchev–Trinajstić information content (AvgIpc) is 2.63. The highest BCUT2D eigenvalue weighted by molar-refractivity contribution is 9.10. The van der Waals surface area contributed by atoms with E-state index in [4.69, 9.17) is 0 Å². The van der Waals surface area contributed by atoms with E-state index in [9.17, 15) is 4.79 Å². The maximum atomic E-state index is 10.9. The van der Waals surface area contributed by atoms with Gasteiger partial charge in [-0.2, -0.15) is 5.10 Å². The van der Waals surface area contributed by atoms with Gasteiger partial charge in [-0.3, -0.25) is 9.48 Å². The largest absolute Gasteiger partial charge is 0.298 e. The minimum atomic E-state index is 0.615. The van der Waals surface area contributed by atoms with Crippen molar-refractivity contribution in [2.24, 2.45) is 7.05 Å². The van der Waals surface area contributed by atoms with Crippen LogP contribution in [0.15, 0.2) is 28.9 Å². The number of carbonyl (C=O) groups excluding carboxylic acids is 1. The summed E-state index contributed by atoms with van der Waals surface area (Å²) in [6.07, 6.45) is 2.42. The molecule has 1 heterocycles. The van der Waals surface area contributed by atoms with E-state index in [0.717, 1.165) is 27.6 Å². The van der Waals surface area contributed by atoms with Gasteiger partial charge >= 0.3 is 0 Å². The molecule has 0 saturated carbocycles. The smallest absolute Gasteiger partial charge is 0.153 e. The number of hydrogen-bond donors (Lipinski definition) is 0. The minimum absolute atomic E-state index is 0.615. The van der Waals surface area contributed by atoms with Crippen molar-refractivity contribution in [3.05, 3.63) is 40.0 Å². The predicted octanol–water partition coefficient (Wildman–Crippen LogP) is 2.97. The molecule has 2 rings (SSSR count). The number of benzene rings is 1. The summed E-state index contributed by atoms with van der Waals surface area (Å²) in [6, 6.07) is 6.00. The molecule has 0 fully saturated rings. The number of hydrogen-bond acceptors (Lipinski definition) is 2. The van der Waals surface area contributed by atoms with Crippen LogP contribution in [0.3, 0.4) is 0 Å². The normalized spacial score (nSPS) is 10.4. The van der Waals surface area contributed by atoms with E-state index in [1.54, 1.807) is 10.9 Å². The number of rotatable bonds is 2. The van der Waals surface area contributed by atoms with Gasteiger partial charge in [-0.05, 0) is 24.6 Å². The van der Waals surface area contributed by atoms with Gasteiger partial charge < -0.3 is 0 Å². The fraction of sp³-hybridized carbons (Fsp3) is 0.167. The summed E-state index contributed by atoms with van der Waals surface area (Å²) in [6.45, 7) is 2.02. The van der Waals surface area contributed by atoms with Crippen LogP contribution in [0.1, 0.15) is 15.9 Å². The molecular weight excluding hydrogens is 268 g/mol. The Balaban J connectivity index is 2.70. The van der Waals surface area contributed by atoms with Crippen LogP contribution in [0.2, 0.25) is 0 Å². The minimum Gasteiger partial charge on any atom is -0.298 e. The van der Waals surface area contributed by atoms with Crippen LogP contribution in [-0.4, -0.2) is 16.1 Å². The van der Waals surface area contributed by atoms with Crippen molar-refractivity contribution in [3.8, 4) is 11.3 Å². The molecule has 1 aromatic carbocycles. The third kappa shape index (κ3) is 1.80. The monoisotopic (exact) mass is 278 g/mol. The number of nitrogens with zero attached hydrogens (tertiary/aromatic N) is 2. The van der Waals surface area contributed by atoms with Crippen molar-refractivity contribution in [1.29, 1.82) is 0 Å². The van der Waals surface area contributed by atoms with Gasteiger partial charge in [-0.25, -0.2) is 0 Å². The van der Waals surface area contributed by atoms with Crippen molar-refractivity contribution in [1.82, 2.24) is 9.78 Å². The van der Waals surface area contributed by atoms with E-state index in [0.29, 0.717) is 5.56 Å². The number of aldehydes is 1. The first-order chi connectivity index (χ1) is 7.63. The van der Waals surface area contributed by atoms with Crippen molar-refractivity contribution in [2.45, 2.75) is 6.92 Å². The maximum Gasteiger partial charge on any atom is 0.153 e. The number of aryl methyl sites for hydroxylation is 2. The molecule has 82 valence electrons. The molecular formula is C12H11BrN2O. The Morgan fingerprint density at radius 1 is 1.44 bits per heavy atom. The summed E-state index contributed by atoms with van der Waals surface area (Å²) in [5.74, 6) is 0. The second kappa shape index (κ2) is 4.22. The topological polar surface area (TPSA) is 34.9 Å². The molecule has 0 amide bonds. The van der Waals surface area contributed by atoms with Crippen LogP contribution in [-0.2, 0) is 7.05 Å². The molecule has 3 nitrogen and oxygen atoms in total. The molecule has 0 bridgehead atoms. The Labute approximate surface area is 102 Å². The van der Waals surface area contributed by atoms with Crippen LogP contribution in [0.5, 0.6) is 0 Å². The lowest BCUT2D eigenvalue weighted by atomic mass is 10.0. The maximum absolute atomic E-state index is 10.9. The van der Waals surface area contributed by atoms with Gasteiger partial charge in [-0.15, -0.1) is 0 Å². The van der Waals surface area contributed by atoms with Crippen LogP contribution in [0, 0.1) is 6.92 Å². The number of carbonyl (C=O) groups is 1. The first-order valence-electron chi connectivity index (χ1n) is 4.87. The first-order valence-corrected chi connectivity index (χ1v) is 5.66. The van der Waals surface area contributed by atoms with Crippen LogP contribution in [0.25, 0.3) is 11.3 Å². The van der Waals surface area contributed by atoms with Crippen molar-refractivity contribution in [3.63, 3.8) is 0 Å². The van der Waals surface area contributed by atoms with Gasteiger partial charge in [-0.1, -0.05) is 22.0 Å². The van der Waals surface area contributed by atoms with E-state index in [2.05, 4.69) is 21.0 Å². The third-order valence-corrected chi connectivity index (χ3v) is 3.04. The zero-order valence-corrected chi connectivity index (χ0v) is 10.7. The molecule has 2 aromatic rings. The van der Waals surface area contributed by atoms with Crippen LogP contribution in [0.4, 0.5) is 0 Å². The van der Waals surface area contributed by atoms with Gasteiger partial charge in [0.2, 0.25) is 0 Å². The molecule has 0 aliphatic heterocycles. The highest BCUT2D eigenvalue weighted by Crippen LogP contribution is 2.28. The molecule has 4 heteroatoms. The van der Waals surface area contributed by atoms with E-state index < -0.39 is 0 Å². The SMILES string of the molecule is Cc1ccc(Br)cc1-c1c(C=O)cnn1C. The van der Waals surface area contributed by atoms with Crippen molar-refractivity contribution in [2.75, 3.05) is 0 Å². The average molecular weight is 279 g/mol. The van der Waals surface area contributed by atoms with Crippen molar-refractivity contribution >= 4 is 22.2 Å². The number of aromatic nitrogens is 2.